The Morgan fingerprint density at radius 2 is 2.06 bits per heavy atom. The van der Waals surface area contributed by atoms with Crippen LogP contribution in [0.5, 0.6) is 0 Å². The largest absolute Gasteiger partial charge is 0.398 e. The summed E-state index contributed by atoms with van der Waals surface area (Å²) in [5.41, 5.74) is 13.3. The van der Waals surface area contributed by atoms with Crippen LogP contribution in [-0.4, -0.2) is 13.7 Å². The summed E-state index contributed by atoms with van der Waals surface area (Å²) >= 11 is 1.92. The van der Waals surface area contributed by atoms with Crippen molar-refractivity contribution < 1.29 is 0 Å². The highest BCUT2D eigenvalue weighted by molar-refractivity contribution is 14.1. The van der Waals surface area contributed by atoms with Gasteiger partial charge in [-0.2, -0.15) is 4.98 Å². The molecule has 0 aliphatic carbocycles. The molecule has 1 aromatic carbocycles. The van der Waals surface area contributed by atoms with Gasteiger partial charge in [0.15, 0.2) is 0 Å². The van der Waals surface area contributed by atoms with Crippen molar-refractivity contribution in [3.05, 3.63) is 36.0 Å². The maximum atomic E-state index is 7.62. The fourth-order valence-electron chi connectivity index (χ4n) is 1.42. The van der Waals surface area contributed by atoms with Gasteiger partial charge in [-0.15, -0.1) is 0 Å². The molecule has 6 nitrogen and oxygen atoms in total. The van der Waals surface area contributed by atoms with Crippen LogP contribution in [0.15, 0.2) is 30.5 Å². The molecule has 2 rings (SSSR count). The molecule has 0 spiro atoms. The van der Waals surface area contributed by atoms with E-state index in [9.17, 15) is 0 Å². The van der Waals surface area contributed by atoms with Gasteiger partial charge >= 0.3 is 0 Å². The highest BCUT2D eigenvalue weighted by Crippen LogP contribution is 2.22. The van der Waals surface area contributed by atoms with E-state index in [0.29, 0.717) is 20.8 Å². The summed E-state index contributed by atoms with van der Waals surface area (Å²) < 4.78 is 0.385. The van der Waals surface area contributed by atoms with Crippen LogP contribution in [0.2, 0.25) is 0 Å². The summed E-state index contributed by atoms with van der Waals surface area (Å²) in [6.45, 7) is 0. The number of nitrogen functional groups attached to an aromatic ring is 2. The number of aromatic nitrogens is 2. The first-order chi connectivity index (χ1) is 8.56. The van der Waals surface area contributed by atoms with Crippen LogP contribution in [0.3, 0.4) is 0 Å². The molecule has 0 fully saturated rings. The molecule has 18 heavy (non-hydrogen) atoms. The molecule has 7 heteroatoms. The summed E-state index contributed by atoms with van der Waals surface area (Å²) in [6.07, 6.45) is 1.57. The zero-order valence-electron chi connectivity index (χ0n) is 9.31. The molecule has 0 saturated carbocycles. The quantitative estimate of drug-likeness (QED) is 0.383. The van der Waals surface area contributed by atoms with Crippen LogP contribution in [0.1, 0.15) is 5.56 Å². The predicted molar refractivity (Wildman–Crippen MR) is 81.4 cm³/mol. The Bertz CT molecular complexity index is 598. The highest BCUT2D eigenvalue weighted by Gasteiger charge is 2.05. The minimum Gasteiger partial charge on any atom is -0.398 e. The summed E-state index contributed by atoms with van der Waals surface area (Å²) in [5.74, 6) is 0.801. The summed E-state index contributed by atoms with van der Waals surface area (Å²) in [6, 6.07) is 7.07. The van der Waals surface area contributed by atoms with Gasteiger partial charge in [0.05, 0.1) is 0 Å². The van der Waals surface area contributed by atoms with E-state index in [0.717, 1.165) is 5.69 Å². The first-order valence-electron chi connectivity index (χ1n) is 5.06. The molecule has 1 aromatic heterocycles. The van der Waals surface area contributed by atoms with Gasteiger partial charge in [0.2, 0.25) is 5.95 Å². The zero-order valence-corrected chi connectivity index (χ0v) is 11.5. The normalized spacial score (nSPS) is 10.1. The molecule has 6 N–H and O–H groups in total. The molecule has 0 aliphatic heterocycles. The second-order valence-corrected chi connectivity index (χ2v) is 4.62. The molecule has 92 valence electrons. The Kier molecular flexibility index (Phi) is 3.60. The van der Waals surface area contributed by atoms with Gasteiger partial charge in [-0.1, -0.05) is 0 Å². The second-order valence-electron chi connectivity index (χ2n) is 3.54. The number of nitrogens with two attached hydrogens (primary N) is 2. The van der Waals surface area contributed by atoms with E-state index in [2.05, 4.69) is 15.3 Å². The minimum absolute atomic E-state index is 0.206. The molecule has 0 radical (unpaired) electrons. The number of hydrogen-bond acceptors (Lipinski definition) is 6. The topological polar surface area (TPSA) is 114 Å². The number of anilines is 4. The van der Waals surface area contributed by atoms with Crippen LogP contribution in [0, 0.1) is 5.41 Å². The number of nitrogens with one attached hydrogen (secondary N) is 2. The maximum Gasteiger partial charge on any atom is 0.221 e. The molecule has 0 amide bonds. The molecule has 1 heterocycles. The minimum atomic E-state index is 0.206. The van der Waals surface area contributed by atoms with Crippen molar-refractivity contribution in [3.63, 3.8) is 0 Å². The number of hydrogen-bond donors (Lipinski definition) is 4. The summed E-state index contributed by atoms with van der Waals surface area (Å²) in [5, 5.41) is 10.7. The standard InChI is InChI=1S/C11H11IN6/c12-10(14)7-5-6(1-2-8(7)13)17-9-3-4-16-11(15)18-9/h1-5,14H,13H2,(H3,15,16,17,18). The summed E-state index contributed by atoms with van der Waals surface area (Å²) in [4.78, 5) is 7.85. The SMILES string of the molecule is N=C(I)c1cc(Nc2ccnc(N)n2)ccc1N. The summed E-state index contributed by atoms with van der Waals surface area (Å²) in [7, 11) is 0. The molecule has 0 saturated heterocycles. The van der Waals surface area contributed by atoms with E-state index in [4.69, 9.17) is 16.9 Å². The van der Waals surface area contributed by atoms with E-state index < -0.39 is 0 Å². The fourth-order valence-corrected chi connectivity index (χ4v) is 1.88. The molecule has 0 bridgehead atoms. The van der Waals surface area contributed by atoms with Gasteiger partial charge in [0.25, 0.3) is 0 Å². The maximum absolute atomic E-state index is 7.62. The van der Waals surface area contributed by atoms with E-state index >= 15 is 0 Å². The lowest BCUT2D eigenvalue weighted by molar-refractivity contribution is 1.18. The Labute approximate surface area is 117 Å². The monoisotopic (exact) mass is 354 g/mol. The Morgan fingerprint density at radius 3 is 2.72 bits per heavy atom. The smallest absolute Gasteiger partial charge is 0.221 e. The van der Waals surface area contributed by atoms with Gasteiger partial charge in [0.1, 0.15) is 9.54 Å². The van der Waals surface area contributed by atoms with Crippen molar-refractivity contribution in [2.45, 2.75) is 0 Å². The third-order valence-corrected chi connectivity index (χ3v) is 2.82. The van der Waals surface area contributed by atoms with Crippen LogP contribution >= 0.6 is 22.6 Å². The van der Waals surface area contributed by atoms with Gasteiger partial charge < -0.3 is 16.8 Å². The molecular formula is C11H11IN6. The average molecular weight is 354 g/mol. The number of halogens is 1. The number of nitrogens with zero attached hydrogens (tertiary/aromatic N) is 2. The molecule has 0 unspecified atom stereocenters. The van der Waals surface area contributed by atoms with E-state index in [1.54, 1.807) is 24.4 Å². The van der Waals surface area contributed by atoms with Crippen molar-refractivity contribution >= 4 is 49.5 Å². The van der Waals surface area contributed by atoms with Gasteiger partial charge in [0, 0.05) is 23.1 Å². The molecule has 2 aromatic rings. The first kappa shape index (κ1) is 12.6. The zero-order chi connectivity index (χ0) is 13.1. The van der Waals surface area contributed by atoms with Crippen molar-refractivity contribution in [2.75, 3.05) is 16.8 Å². The van der Waals surface area contributed by atoms with Crippen molar-refractivity contribution in [3.8, 4) is 0 Å². The third-order valence-electron chi connectivity index (χ3n) is 2.24. The molecular weight excluding hydrogens is 343 g/mol. The fraction of sp³-hybridized carbons (Fsp3) is 0. The predicted octanol–water partition coefficient (Wildman–Crippen LogP) is 2.14. The first-order valence-corrected chi connectivity index (χ1v) is 6.13. The van der Waals surface area contributed by atoms with Crippen LogP contribution in [-0.2, 0) is 0 Å². The highest BCUT2D eigenvalue weighted by atomic mass is 127. The average Bonchev–Trinajstić information content (AvgIpc) is 2.31. The van der Waals surface area contributed by atoms with Gasteiger partial charge in [-0.25, -0.2) is 4.98 Å². The Hall–Kier alpha value is -1.90. The van der Waals surface area contributed by atoms with Crippen LogP contribution in [0.25, 0.3) is 0 Å². The van der Waals surface area contributed by atoms with Crippen LogP contribution < -0.4 is 16.8 Å². The molecule has 0 aliphatic rings. The molecule has 0 atom stereocenters. The van der Waals surface area contributed by atoms with E-state index in [1.807, 2.05) is 28.7 Å². The van der Waals surface area contributed by atoms with E-state index in [1.165, 1.54) is 0 Å². The third kappa shape index (κ3) is 2.86. The van der Waals surface area contributed by atoms with Crippen LogP contribution in [0.4, 0.5) is 23.1 Å². The Balaban J connectivity index is 2.30. The van der Waals surface area contributed by atoms with Crippen molar-refractivity contribution in [2.24, 2.45) is 0 Å². The van der Waals surface area contributed by atoms with Crippen molar-refractivity contribution in [1.29, 1.82) is 5.41 Å². The lowest BCUT2D eigenvalue weighted by Gasteiger charge is -2.09. The lowest BCUT2D eigenvalue weighted by Crippen LogP contribution is -2.01. The van der Waals surface area contributed by atoms with Crippen molar-refractivity contribution in [1.82, 2.24) is 9.97 Å². The number of rotatable bonds is 3. The van der Waals surface area contributed by atoms with E-state index in [-0.39, 0.29) is 5.95 Å². The van der Waals surface area contributed by atoms with Gasteiger partial charge in [-0.05, 0) is 46.9 Å². The lowest BCUT2D eigenvalue weighted by atomic mass is 10.1. The van der Waals surface area contributed by atoms with Gasteiger partial charge in [-0.3, -0.25) is 5.41 Å². The second kappa shape index (κ2) is 5.17. The Morgan fingerprint density at radius 1 is 1.28 bits per heavy atom. The number of benzene rings is 1.